The SMILES string of the molecule is CCC[C@@H](C)NC(=O)c1ccc2c(c1)CCN2S(=O)(=O)c1ccccc1. The predicted molar refractivity (Wildman–Crippen MR) is 103 cm³/mol. The first kappa shape index (κ1) is 18.5. The first-order valence-corrected chi connectivity index (χ1v) is 10.4. The van der Waals surface area contributed by atoms with E-state index in [1.165, 1.54) is 4.31 Å². The maximum atomic E-state index is 12.9. The van der Waals surface area contributed by atoms with Crippen molar-refractivity contribution in [2.75, 3.05) is 10.8 Å². The van der Waals surface area contributed by atoms with E-state index in [1.807, 2.05) is 13.0 Å². The fourth-order valence-electron chi connectivity index (χ4n) is 3.29. The Bertz CT molecular complexity index is 895. The Morgan fingerprint density at radius 2 is 1.92 bits per heavy atom. The quantitative estimate of drug-likeness (QED) is 0.845. The van der Waals surface area contributed by atoms with Crippen molar-refractivity contribution in [3.05, 3.63) is 59.7 Å². The number of hydrogen-bond acceptors (Lipinski definition) is 3. The van der Waals surface area contributed by atoms with E-state index < -0.39 is 10.0 Å². The average molecular weight is 372 g/mol. The number of anilines is 1. The molecule has 1 amide bonds. The molecule has 138 valence electrons. The number of amides is 1. The van der Waals surface area contributed by atoms with Gasteiger partial charge in [0.1, 0.15) is 0 Å². The second kappa shape index (κ2) is 7.50. The number of nitrogens with zero attached hydrogens (tertiary/aromatic N) is 1. The minimum atomic E-state index is -3.58. The topological polar surface area (TPSA) is 66.5 Å². The van der Waals surface area contributed by atoms with Crippen LogP contribution in [0.25, 0.3) is 0 Å². The average Bonchev–Trinajstić information content (AvgIpc) is 3.06. The summed E-state index contributed by atoms with van der Waals surface area (Å²) < 4.78 is 27.2. The molecule has 1 atom stereocenters. The van der Waals surface area contributed by atoms with Gasteiger partial charge in [-0.25, -0.2) is 8.42 Å². The molecule has 0 spiro atoms. The summed E-state index contributed by atoms with van der Waals surface area (Å²) in [6.07, 6.45) is 2.55. The number of nitrogens with one attached hydrogen (secondary N) is 1. The standard InChI is InChI=1S/C20H24N2O3S/c1-3-7-15(2)21-20(23)17-10-11-19-16(14-17)12-13-22(19)26(24,25)18-8-5-4-6-9-18/h4-6,8-11,14-15H,3,7,12-13H2,1-2H3,(H,21,23)/t15-/m1/s1. The van der Waals surface area contributed by atoms with Crippen LogP contribution < -0.4 is 9.62 Å². The van der Waals surface area contributed by atoms with Crippen LogP contribution in [-0.4, -0.2) is 26.9 Å². The van der Waals surface area contributed by atoms with Gasteiger partial charge in [-0.15, -0.1) is 0 Å². The summed E-state index contributed by atoms with van der Waals surface area (Å²) in [5.41, 5.74) is 2.12. The third-order valence-corrected chi connectivity index (χ3v) is 6.45. The Hall–Kier alpha value is -2.34. The monoisotopic (exact) mass is 372 g/mol. The van der Waals surface area contributed by atoms with E-state index in [9.17, 15) is 13.2 Å². The van der Waals surface area contributed by atoms with Gasteiger partial charge in [0, 0.05) is 18.2 Å². The van der Waals surface area contributed by atoms with Gasteiger partial charge in [0.2, 0.25) is 0 Å². The Balaban J connectivity index is 1.84. The fraction of sp³-hybridized carbons (Fsp3) is 0.350. The molecule has 1 N–H and O–H groups in total. The number of rotatable bonds is 6. The molecule has 1 aliphatic rings. The molecule has 0 saturated heterocycles. The van der Waals surface area contributed by atoms with Gasteiger partial charge in [-0.1, -0.05) is 31.5 Å². The van der Waals surface area contributed by atoms with E-state index >= 15 is 0 Å². The maximum Gasteiger partial charge on any atom is 0.264 e. The van der Waals surface area contributed by atoms with Gasteiger partial charge in [0.15, 0.2) is 0 Å². The summed E-state index contributed by atoms with van der Waals surface area (Å²) in [5, 5.41) is 2.98. The number of sulfonamides is 1. The van der Waals surface area contributed by atoms with Crippen LogP contribution in [0.5, 0.6) is 0 Å². The van der Waals surface area contributed by atoms with E-state index in [0.717, 1.165) is 18.4 Å². The van der Waals surface area contributed by atoms with Crippen molar-refractivity contribution in [3.63, 3.8) is 0 Å². The lowest BCUT2D eigenvalue weighted by Gasteiger charge is -2.20. The summed E-state index contributed by atoms with van der Waals surface area (Å²) in [6.45, 7) is 4.46. The van der Waals surface area contributed by atoms with Gasteiger partial charge >= 0.3 is 0 Å². The highest BCUT2D eigenvalue weighted by Gasteiger charge is 2.31. The van der Waals surface area contributed by atoms with Crippen LogP contribution in [0.3, 0.4) is 0 Å². The summed E-state index contributed by atoms with van der Waals surface area (Å²) in [5.74, 6) is -0.113. The zero-order chi connectivity index (χ0) is 18.7. The predicted octanol–water partition coefficient (Wildman–Crippen LogP) is 3.36. The summed E-state index contributed by atoms with van der Waals surface area (Å²) in [4.78, 5) is 12.7. The van der Waals surface area contributed by atoms with Crippen molar-refractivity contribution in [3.8, 4) is 0 Å². The van der Waals surface area contributed by atoms with Gasteiger partial charge in [0.05, 0.1) is 10.6 Å². The minimum absolute atomic E-state index is 0.113. The third kappa shape index (κ3) is 3.60. The van der Waals surface area contributed by atoms with Gasteiger partial charge in [-0.3, -0.25) is 9.10 Å². The second-order valence-corrected chi connectivity index (χ2v) is 8.51. The summed E-state index contributed by atoms with van der Waals surface area (Å²) >= 11 is 0. The van der Waals surface area contributed by atoms with Gasteiger partial charge < -0.3 is 5.32 Å². The lowest BCUT2D eigenvalue weighted by Crippen LogP contribution is -2.32. The van der Waals surface area contributed by atoms with Crippen LogP contribution in [0.4, 0.5) is 5.69 Å². The number of hydrogen-bond donors (Lipinski definition) is 1. The molecule has 2 aromatic rings. The Morgan fingerprint density at radius 1 is 1.19 bits per heavy atom. The molecule has 0 fully saturated rings. The number of carbonyl (C=O) groups is 1. The summed E-state index contributed by atoms with van der Waals surface area (Å²) in [7, 11) is -3.58. The Morgan fingerprint density at radius 3 is 2.62 bits per heavy atom. The van der Waals surface area contributed by atoms with E-state index in [0.29, 0.717) is 24.2 Å². The molecule has 5 nitrogen and oxygen atoms in total. The van der Waals surface area contributed by atoms with Crippen molar-refractivity contribution in [1.82, 2.24) is 5.32 Å². The van der Waals surface area contributed by atoms with Crippen molar-refractivity contribution < 1.29 is 13.2 Å². The second-order valence-electron chi connectivity index (χ2n) is 6.65. The molecule has 1 heterocycles. The molecule has 0 saturated carbocycles. The highest BCUT2D eigenvalue weighted by molar-refractivity contribution is 7.92. The minimum Gasteiger partial charge on any atom is -0.350 e. The van der Waals surface area contributed by atoms with Crippen molar-refractivity contribution in [2.45, 2.75) is 44.0 Å². The molecule has 0 radical (unpaired) electrons. The maximum absolute atomic E-state index is 12.9. The highest BCUT2D eigenvalue weighted by atomic mass is 32.2. The van der Waals surface area contributed by atoms with Crippen LogP contribution in [0.2, 0.25) is 0 Å². The molecule has 0 bridgehead atoms. The molecule has 26 heavy (non-hydrogen) atoms. The zero-order valence-corrected chi connectivity index (χ0v) is 15.9. The molecule has 0 aromatic heterocycles. The van der Waals surface area contributed by atoms with Crippen molar-refractivity contribution >= 4 is 21.6 Å². The highest BCUT2D eigenvalue weighted by Crippen LogP contribution is 2.33. The summed E-state index contributed by atoms with van der Waals surface area (Å²) in [6, 6.07) is 13.8. The normalized spacial score (nSPS) is 14.8. The van der Waals surface area contributed by atoms with E-state index in [1.54, 1.807) is 42.5 Å². The van der Waals surface area contributed by atoms with Gasteiger partial charge in [-0.2, -0.15) is 0 Å². The largest absolute Gasteiger partial charge is 0.350 e. The smallest absolute Gasteiger partial charge is 0.264 e. The van der Waals surface area contributed by atoms with E-state index in [4.69, 9.17) is 0 Å². The number of benzene rings is 2. The van der Waals surface area contributed by atoms with Crippen LogP contribution in [0, 0.1) is 0 Å². The van der Waals surface area contributed by atoms with Crippen LogP contribution >= 0.6 is 0 Å². The molecule has 6 heteroatoms. The van der Waals surface area contributed by atoms with Crippen molar-refractivity contribution in [2.24, 2.45) is 0 Å². The molecule has 0 unspecified atom stereocenters. The first-order chi connectivity index (χ1) is 12.4. The van der Waals surface area contributed by atoms with Crippen LogP contribution in [0.1, 0.15) is 42.6 Å². The Kier molecular flexibility index (Phi) is 5.32. The van der Waals surface area contributed by atoms with Crippen LogP contribution in [0.15, 0.2) is 53.4 Å². The molecular formula is C20H24N2O3S. The van der Waals surface area contributed by atoms with E-state index in [-0.39, 0.29) is 16.8 Å². The molecule has 2 aromatic carbocycles. The number of carbonyl (C=O) groups excluding carboxylic acids is 1. The number of fused-ring (bicyclic) bond motifs is 1. The molecule has 0 aliphatic carbocycles. The molecule has 1 aliphatic heterocycles. The van der Waals surface area contributed by atoms with Crippen molar-refractivity contribution in [1.29, 1.82) is 0 Å². The van der Waals surface area contributed by atoms with Crippen LogP contribution in [-0.2, 0) is 16.4 Å². The Labute approximate surface area is 155 Å². The van der Waals surface area contributed by atoms with E-state index in [2.05, 4.69) is 12.2 Å². The zero-order valence-electron chi connectivity index (χ0n) is 15.1. The third-order valence-electron chi connectivity index (χ3n) is 4.62. The van der Waals surface area contributed by atoms with Gasteiger partial charge in [-0.05, 0) is 55.7 Å². The first-order valence-electron chi connectivity index (χ1n) is 8.95. The molecular weight excluding hydrogens is 348 g/mol. The lowest BCUT2D eigenvalue weighted by atomic mass is 10.1. The lowest BCUT2D eigenvalue weighted by molar-refractivity contribution is 0.0938. The molecule has 3 rings (SSSR count). The van der Waals surface area contributed by atoms with Gasteiger partial charge in [0.25, 0.3) is 15.9 Å². The fourth-order valence-corrected chi connectivity index (χ4v) is 4.82.